The molecular formula is C16H24N4O2. The minimum absolute atomic E-state index is 0.0502. The van der Waals surface area contributed by atoms with Crippen molar-refractivity contribution >= 4 is 6.03 Å². The Balaban J connectivity index is 1.60. The maximum Gasteiger partial charge on any atom is 0.318 e. The zero-order valence-electron chi connectivity index (χ0n) is 13.6. The van der Waals surface area contributed by atoms with Crippen LogP contribution in [0.5, 0.6) is 0 Å². The average Bonchev–Trinajstić information content (AvgIpc) is 3.11. The molecule has 0 aromatic carbocycles. The van der Waals surface area contributed by atoms with Crippen molar-refractivity contribution in [2.45, 2.75) is 58.2 Å². The molecule has 22 heavy (non-hydrogen) atoms. The summed E-state index contributed by atoms with van der Waals surface area (Å²) in [5.74, 6) is 0.827. The molecule has 2 amide bonds. The summed E-state index contributed by atoms with van der Waals surface area (Å²) < 4.78 is 5.53. The van der Waals surface area contributed by atoms with Crippen LogP contribution in [0.1, 0.15) is 50.7 Å². The number of aromatic nitrogens is 2. The van der Waals surface area contributed by atoms with Gasteiger partial charge in [-0.3, -0.25) is 0 Å². The molecule has 1 aromatic rings. The molecule has 120 valence electrons. The van der Waals surface area contributed by atoms with Gasteiger partial charge < -0.3 is 15.0 Å². The predicted molar refractivity (Wildman–Crippen MR) is 82.4 cm³/mol. The highest BCUT2D eigenvalue weighted by atomic mass is 16.5. The Kier molecular flexibility index (Phi) is 4.04. The van der Waals surface area contributed by atoms with Crippen LogP contribution >= 0.6 is 0 Å². The summed E-state index contributed by atoms with van der Waals surface area (Å²) in [4.78, 5) is 23.1. The summed E-state index contributed by atoms with van der Waals surface area (Å²) in [6, 6.07) is -0.0502. The third-order valence-electron chi connectivity index (χ3n) is 4.12. The molecule has 0 radical (unpaired) electrons. The van der Waals surface area contributed by atoms with E-state index < -0.39 is 0 Å². The molecule has 1 fully saturated rings. The molecule has 1 saturated heterocycles. The van der Waals surface area contributed by atoms with E-state index in [1.165, 1.54) is 0 Å². The van der Waals surface area contributed by atoms with Crippen molar-refractivity contribution in [1.82, 2.24) is 20.2 Å². The van der Waals surface area contributed by atoms with Crippen LogP contribution in [0.15, 0.2) is 6.20 Å². The van der Waals surface area contributed by atoms with E-state index in [-0.39, 0.29) is 17.6 Å². The normalized spacial score (nSPS) is 21.0. The molecule has 2 aliphatic rings. The van der Waals surface area contributed by atoms with E-state index in [0.29, 0.717) is 19.6 Å². The summed E-state index contributed by atoms with van der Waals surface area (Å²) in [5, 5.41) is 2.96. The molecule has 1 atom stereocenters. The van der Waals surface area contributed by atoms with Crippen LogP contribution in [0.3, 0.4) is 0 Å². The summed E-state index contributed by atoms with van der Waals surface area (Å²) >= 11 is 0. The maximum atomic E-state index is 12.3. The topological polar surface area (TPSA) is 67.4 Å². The molecule has 0 unspecified atom stereocenters. The summed E-state index contributed by atoms with van der Waals surface area (Å²) in [6.45, 7) is 8.81. The highest BCUT2D eigenvalue weighted by Gasteiger charge is 2.28. The van der Waals surface area contributed by atoms with Gasteiger partial charge in [0.05, 0.1) is 24.9 Å². The molecule has 1 aromatic heterocycles. The van der Waals surface area contributed by atoms with Crippen LogP contribution in [0.25, 0.3) is 0 Å². The number of amides is 2. The van der Waals surface area contributed by atoms with Gasteiger partial charge in [0.2, 0.25) is 0 Å². The SMILES string of the molecule is CC(C)(C)c1ncc2c(n1)CN(C(=O)NC[C@H]1CCCO1)C2. The van der Waals surface area contributed by atoms with Gasteiger partial charge in [0.1, 0.15) is 5.82 Å². The minimum Gasteiger partial charge on any atom is -0.376 e. The number of nitrogens with one attached hydrogen (secondary N) is 1. The zero-order valence-corrected chi connectivity index (χ0v) is 13.6. The zero-order chi connectivity index (χ0) is 15.7. The molecule has 0 saturated carbocycles. The van der Waals surface area contributed by atoms with Crippen LogP contribution in [0, 0.1) is 0 Å². The first-order chi connectivity index (χ1) is 10.4. The second-order valence-electron chi connectivity index (χ2n) is 7.09. The van der Waals surface area contributed by atoms with Gasteiger partial charge in [0.15, 0.2) is 0 Å². The number of hydrogen-bond donors (Lipinski definition) is 1. The molecule has 3 rings (SSSR count). The fraction of sp³-hybridized carbons (Fsp3) is 0.688. The van der Waals surface area contributed by atoms with Gasteiger partial charge >= 0.3 is 6.03 Å². The highest BCUT2D eigenvalue weighted by Crippen LogP contribution is 2.24. The van der Waals surface area contributed by atoms with Gasteiger partial charge in [-0.15, -0.1) is 0 Å². The largest absolute Gasteiger partial charge is 0.376 e. The molecule has 2 aliphatic heterocycles. The number of fused-ring (bicyclic) bond motifs is 1. The lowest BCUT2D eigenvalue weighted by Crippen LogP contribution is -2.40. The Labute approximate surface area is 131 Å². The van der Waals surface area contributed by atoms with Gasteiger partial charge in [-0.1, -0.05) is 20.8 Å². The van der Waals surface area contributed by atoms with Crippen molar-refractivity contribution in [1.29, 1.82) is 0 Å². The van der Waals surface area contributed by atoms with Crippen LogP contribution < -0.4 is 5.32 Å². The molecule has 3 heterocycles. The molecule has 0 bridgehead atoms. The number of urea groups is 1. The maximum absolute atomic E-state index is 12.3. The number of rotatable bonds is 2. The van der Waals surface area contributed by atoms with Crippen molar-refractivity contribution < 1.29 is 9.53 Å². The summed E-state index contributed by atoms with van der Waals surface area (Å²) in [7, 11) is 0. The first-order valence-electron chi connectivity index (χ1n) is 7.93. The van der Waals surface area contributed by atoms with E-state index in [0.717, 1.165) is 36.5 Å². The number of hydrogen-bond acceptors (Lipinski definition) is 4. The smallest absolute Gasteiger partial charge is 0.318 e. The van der Waals surface area contributed by atoms with Crippen molar-refractivity contribution in [3.05, 3.63) is 23.3 Å². The van der Waals surface area contributed by atoms with E-state index >= 15 is 0 Å². The number of ether oxygens (including phenoxy) is 1. The molecule has 6 heteroatoms. The van der Waals surface area contributed by atoms with Crippen molar-refractivity contribution in [3.8, 4) is 0 Å². The van der Waals surface area contributed by atoms with Gasteiger partial charge in [-0.05, 0) is 12.8 Å². The minimum atomic E-state index is -0.0788. The number of carbonyl (C=O) groups excluding carboxylic acids is 1. The molecule has 0 aliphatic carbocycles. The highest BCUT2D eigenvalue weighted by molar-refractivity contribution is 5.74. The average molecular weight is 304 g/mol. The lowest BCUT2D eigenvalue weighted by Gasteiger charge is -2.18. The van der Waals surface area contributed by atoms with E-state index in [2.05, 4.69) is 36.1 Å². The first-order valence-corrected chi connectivity index (χ1v) is 7.93. The van der Waals surface area contributed by atoms with Crippen molar-refractivity contribution in [2.75, 3.05) is 13.2 Å². The predicted octanol–water partition coefficient (Wildman–Crippen LogP) is 1.98. The molecule has 6 nitrogen and oxygen atoms in total. The van der Waals surface area contributed by atoms with Gasteiger partial charge in [0, 0.05) is 30.3 Å². The van der Waals surface area contributed by atoms with Gasteiger partial charge in [-0.25, -0.2) is 14.8 Å². The molecule has 0 spiro atoms. The molecular weight excluding hydrogens is 280 g/mol. The van der Waals surface area contributed by atoms with Gasteiger partial charge in [0.25, 0.3) is 0 Å². The Morgan fingerprint density at radius 1 is 1.45 bits per heavy atom. The Bertz CT molecular complexity index is 562. The Morgan fingerprint density at radius 3 is 2.95 bits per heavy atom. The van der Waals surface area contributed by atoms with Crippen molar-refractivity contribution in [2.24, 2.45) is 0 Å². The van der Waals surface area contributed by atoms with Gasteiger partial charge in [-0.2, -0.15) is 0 Å². The van der Waals surface area contributed by atoms with Crippen LogP contribution in [0.4, 0.5) is 4.79 Å². The third-order valence-corrected chi connectivity index (χ3v) is 4.12. The number of nitrogens with zero attached hydrogens (tertiary/aromatic N) is 3. The Hall–Kier alpha value is -1.69. The monoisotopic (exact) mass is 304 g/mol. The van der Waals surface area contributed by atoms with E-state index in [4.69, 9.17) is 4.74 Å². The van der Waals surface area contributed by atoms with Crippen LogP contribution in [-0.4, -0.2) is 40.2 Å². The lowest BCUT2D eigenvalue weighted by atomic mass is 9.95. The van der Waals surface area contributed by atoms with E-state index in [9.17, 15) is 4.79 Å². The fourth-order valence-corrected chi connectivity index (χ4v) is 2.78. The first kappa shape index (κ1) is 15.2. The van der Waals surface area contributed by atoms with E-state index in [1.54, 1.807) is 4.90 Å². The Morgan fingerprint density at radius 2 is 2.27 bits per heavy atom. The second-order valence-corrected chi connectivity index (χ2v) is 7.09. The quantitative estimate of drug-likeness (QED) is 0.907. The summed E-state index contributed by atoms with van der Waals surface area (Å²) in [6.07, 6.45) is 4.14. The van der Waals surface area contributed by atoms with Crippen LogP contribution in [-0.2, 0) is 23.2 Å². The number of carbonyl (C=O) groups is 1. The second kappa shape index (κ2) is 5.83. The fourth-order valence-electron chi connectivity index (χ4n) is 2.78. The van der Waals surface area contributed by atoms with Crippen molar-refractivity contribution in [3.63, 3.8) is 0 Å². The summed E-state index contributed by atoms with van der Waals surface area (Å²) in [5.41, 5.74) is 1.93. The standard InChI is InChI=1S/C16H24N4O2/c1-16(2,3)14-17-7-11-9-20(10-13(11)19-14)15(21)18-8-12-5-4-6-22-12/h7,12H,4-6,8-10H2,1-3H3,(H,18,21)/t12-/m1/s1. The third kappa shape index (κ3) is 3.21. The van der Waals surface area contributed by atoms with E-state index in [1.807, 2.05) is 6.20 Å². The molecule has 1 N–H and O–H groups in total. The lowest BCUT2D eigenvalue weighted by molar-refractivity contribution is 0.109. The van der Waals surface area contributed by atoms with Crippen LogP contribution in [0.2, 0.25) is 0 Å².